The van der Waals surface area contributed by atoms with Gasteiger partial charge in [-0.2, -0.15) is 0 Å². The smallest absolute Gasteiger partial charge is 0.191 e. The van der Waals surface area contributed by atoms with Gasteiger partial charge in [0.2, 0.25) is 0 Å². The van der Waals surface area contributed by atoms with E-state index >= 15 is 0 Å². The molecule has 0 saturated heterocycles. The summed E-state index contributed by atoms with van der Waals surface area (Å²) in [5.74, 6) is 2.92. The number of nitrogens with one attached hydrogen (secondary N) is 2. The fraction of sp³-hybridized carbons (Fsp3) is 0.381. The van der Waals surface area contributed by atoms with Crippen LogP contribution in [-0.2, 0) is 19.5 Å². The molecule has 7 heteroatoms. The zero-order valence-corrected chi connectivity index (χ0v) is 16.7. The first-order chi connectivity index (χ1) is 13.7. The average Bonchev–Trinajstić information content (AvgIpc) is 3.35. The Bertz CT molecular complexity index is 881. The molecule has 3 aromatic rings. The van der Waals surface area contributed by atoms with Crippen molar-refractivity contribution in [3.05, 3.63) is 71.6 Å². The van der Waals surface area contributed by atoms with E-state index in [-0.39, 0.29) is 0 Å². The van der Waals surface area contributed by atoms with Gasteiger partial charge in [-0.25, -0.2) is 4.98 Å². The molecule has 2 aromatic heterocycles. The Morgan fingerprint density at radius 3 is 2.75 bits per heavy atom. The van der Waals surface area contributed by atoms with Crippen LogP contribution in [0.25, 0.3) is 0 Å². The average molecular weight is 380 g/mol. The molecule has 0 aliphatic heterocycles. The first-order valence-corrected chi connectivity index (χ1v) is 9.59. The molecule has 2 heterocycles. The second-order valence-electron chi connectivity index (χ2n) is 6.93. The lowest BCUT2D eigenvalue weighted by molar-refractivity contribution is 0.372. The van der Waals surface area contributed by atoms with E-state index in [1.165, 1.54) is 5.56 Å². The van der Waals surface area contributed by atoms with Crippen molar-refractivity contribution in [1.29, 1.82) is 0 Å². The molecule has 0 aliphatic carbocycles. The molecule has 0 bridgehead atoms. The number of hydrogen-bond acceptors (Lipinski definition) is 4. The number of aromatic nitrogens is 3. The van der Waals surface area contributed by atoms with Crippen LogP contribution in [0.4, 0.5) is 0 Å². The predicted molar refractivity (Wildman–Crippen MR) is 110 cm³/mol. The van der Waals surface area contributed by atoms with Crippen LogP contribution >= 0.6 is 0 Å². The quantitative estimate of drug-likeness (QED) is 0.464. The fourth-order valence-electron chi connectivity index (χ4n) is 2.86. The van der Waals surface area contributed by atoms with E-state index in [9.17, 15) is 0 Å². The van der Waals surface area contributed by atoms with Gasteiger partial charge in [-0.1, -0.05) is 49.3 Å². The molecule has 0 atom stereocenters. The summed E-state index contributed by atoms with van der Waals surface area (Å²) >= 11 is 0. The van der Waals surface area contributed by atoms with E-state index in [0.29, 0.717) is 12.5 Å². The Labute approximate surface area is 165 Å². The molecule has 3 rings (SSSR count). The maximum absolute atomic E-state index is 5.35. The van der Waals surface area contributed by atoms with Gasteiger partial charge in [-0.05, 0) is 11.5 Å². The van der Waals surface area contributed by atoms with Crippen LogP contribution < -0.4 is 10.6 Å². The van der Waals surface area contributed by atoms with E-state index in [2.05, 4.69) is 68.4 Å². The van der Waals surface area contributed by atoms with Crippen molar-refractivity contribution >= 4 is 5.96 Å². The lowest BCUT2D eigenvalue weighted by Gasteiger charge is -2.12. The zero-order valence-electron chi connectivity index (χ0n) is 16.7. The van der Waals surface area contributed by atoms with Crippen molar-refractivity contribution in [3.8, 4) is 0 Å². The van der Waals surface area contributed by atoms with Gasteiger partial charge in [0.1, 0.15) is 5.82 Å². The number of nitrogens with zero attached hydrogens (tertiary/aromatic N) is 4. The van der Waals surface area contributed by atoms with Crippen molar-refractivity contribution < 1.29 is 4.52 Å². The summed E-state index contributed by atoms with van der Waals surface area (Å²) in [6, 6.07) is 12.4. The molecule has 7 nitrogen and oxygen atoms in total. The van der Waals surface area contributed by atoms with Crippen LogP contribution in [0.3, 0.4) is 0 Å². The maximum atomic E-state index is 5.35. The molecule has 0 aliphatic rings. The second-order valence-corrected chi connectivity index (χ2v) is 6.93. The Morgan fingerprint density at radius 2 is 2.04 bits per heavy atom. The summed E-state index contributed by atoms with van der Waals surface area (Å²) in [5.41, 5.74) is 2.23. The van der Waals surface area contributed by atoms with E-state index in [1.807, 2.05) is 24.5 Å². The van der Waals surface area contributed by atoms with Crippen LogP contribution in [0, 0.1) is 0 Å². The van der Waals surface area contributed by atoms with Crippen LogP contribution in [0.15, 0.2) is 58.3 Å². The van der Waals surface area contributed by atoms with Crippen molar-refractivity contribution in [2.24, 2.45) is 4.99 Å². The first-order valence-electron chi connectivity index (χ1n) is 9.59. The topological polar surface area (TPSA) is 80.3 Å². The number of guanidine groups is 1. The van der Waals surface area contributed by atoms with Crippen molar-refractivity contribution in [1.82, 2.24) is 25.3 Å². The standard InChI is InChI=1S/C21H28N6O/c1-16(2)19-13-18(28-26-19)14-25-21(22-3)24-10-9-20-23-11-12-27(20)15-17-7-5-4-6-8-17/h4-8,11-13,16H,9-10,14-15H2,1-3H3,(H2,22,24,25). The summed E-state index contributed by atoms with van der Waals surface area (Å²) < 4.78 is 7.52. The van der Waals surface area contributed by atoms with Crippen LogP contribution in [0.2, 0.25) is 0 Å². The van der Waals surface area contributed by atoms with E-state index in [4.69, 9.17) is 4.52 Å². The normalized spacial score (nSPS) is 11.8. The van der Waals surface area contributed by atoms with Gasteiger partial charge < -0.3 is 19.7 Å². The highest BCUT2D eigenvalue weighted by atomic mass is 16.5. The summed E-state index contributed by atoms with van der Waals surface area (Å²) in [6.45, 7) is 6.29. The lowest BCUT2D eigenvalue weighted by atomic mass is 10.1. The first kappa shape index (κ1) is 19.7. The number of rotatable bonds is 8. The SMILES string of the molecule is CN=C(NCCc1nccn1Cc1ccccc1)NCc1cc(C(C)C)no1. The summed E-state index contributed by atoms with van der Waals surface area (Å²) in [4.78, 5) is 8.75. The van der Waals surface area contributed by atoms with Crippen molar-refractivity contribution in [2.45, 2.75) is 39.3 Å². The lowest BCUT2D eigenvalue weighted by Crippen LogP contribution is -2.38. The zero-order chi connectivity index (χ0) is 19.8. The number of imidazole rings is 1. The monoisotopic (exact) mass is 380 g/mol. The van der Waals surface area contributed by atoms with Gasteiger partial charge in [-0.15, -0.1) is 0 Å². The highest BCUT2D eigenvalue weighted by Gasteiger charge is 2.09. The third-order valence-electron chi connectivity index (χ3n) is 4.46. The largest absolute Gasteiger partial charge is 0.359 e. The van der Waals surface area contributed by atoms with Gasteiger partial charge in [0.15, 0.2) is 11.7 Å². The molecule has 0 radical (unpaired) electrons. The minimum Gasteiger partial charge on any atom is -0.359 e. The fourth-order valence-corrected chi connectivity index (χ4v) is 2.86. The summed E-state index contributed by atoms with van der Waals surface area (Å²) in [7, 11) is 1.76. The Kier molecular flexibility index (Phi) is 6.84. The minimum atomic E-state index is 0.356. The molecule has 0 spiro atoms. The van der Waals surface area contributed by atoms with Gasteiger partial charge in [0.25, 0.3) is 0 Å². The van der Waals surface area contributed by atoms with Crippen LogP contribution in [-0.4, -0.2) is 34.3 Å². The second kappa shape index (κ2) is 9.73. The number of benzene rings is 1. The molecule has 1 aromatic carbocycles. The number of aliphatic imine (C=N–C) groups is 1. The summed E-state index contributed by atoms with van der Waals surface area (Å²) in [5, 5.41) is 10.6. The molecular formula is C21H28N6O. The van der Waals surface area contributed by atoms with E-state index in [0.717, 1.165) is 42.7 Å². The van der Waals surface area contributed by atoms with Gasteiger partial charge >= 0.3 is 0 Å². The molecule has 2 N–H and O–H groups in total. The van der Waals surface area contributed by atoms with Gasteiger partial charge in [0.05, 0.1) is 12.2 Å². The van der Waals surface area contributed by atoms with Crippen LogP contribution in [0.5, 0.6) is 0 Å². The van der Waals surface area contributed by atoms with Gasteiger partial charge in [-0.3, -0.25) is 4.99 Å². The highest BCUT2D eigenvalue weighted by Crippen LogP contribution is 2.13. The van der Waals surface area contributed by atoms with Crippen LogP contribution in [0.1, 0.15) is 42.6 Å². The molecule has 28 heavy (non-hydrogen) atoms. The molecule has 0 fully saturated rings. The Balaban J connectivity index is 1.46. The molecular weight excluding hydrogens is 352 g/mol. The summed E-state index contributed by atoms with van der Waals surface area (Å²) in [6.07, 6.45) is 4.67. The van der Waals surface area contributed by atoms with Crippen molar-refractivity contribution in [3.63, 3.8) is 0 Å². The van der Waals surface area contributed by atoms with Crippen molar-refractivity contribution in [2.75, 3.05) is 13.6 Å². The van der Waals surface area contributed by atoms with Gasteiger partial charge in [0, 0.05) is 45.0 Å². The molecule has 0 unspecified atom stereocenters. The molecule has 0 amide bonds. The number of hydrogen-bond donors (Lipinski definition) is 2. The third-order valence-corrected chi connectivity index (χ3v) is 4.46. The Hall–Kier alpha value is -3.09. The maximum Gasteiger partial charge on any atom is 0.191 e. The predicted octanol–water partition coefficient (Wildman–Crippen LogP) is 2.95. The molecule has 0 saturated carbocycles. The van der Waals surface area contributed by atoms with E-state index < -0.39 is 0 Å². The Morgan fingerprint density at radius 1 is 1.21 bits per heavy atom. The molecule has 148 valence electrons. The van der Waals surface area contributed by atoms with E-state index in [1.54, 1.807) is 7.05 Å². The third kappa shape index (κ3) is 5.45. The highest BCUT2D eigenvalue weighted by molar-refractivity contribution is 5.79. The minimum absolute atomic E-state index is 0.356.